The zero-order valence-electron chi connectivity index (χ0n) is 10.9. The van der Waals surface area contributed by atoms with Crippen LogP contribution in [0, 0.1) is 13.8 Å². The zero-order chi connectivity index (χ0) is 12.9. The van der Waals surface area contributed by atoms with Crippen molar-refractivity contribution in [1.29, 1.82) is 0 Å². The van der Waals surface area contributed by atoms with Crippen molar-refractivity contribution < 1.29 is 0 Å². The van der Waals surface area contributed by atoms with Crippen molar-refractivity contribution >= 4 is 37.6 Å². The van der Waals surface area contributed by atoms with Gasteiger partial charge in [-0.2, -0.15) is 10.2 Å². The second kappa shape index (κ2) is 3.91. The van der Waals surface area contributed by atoms with Gasteiger partial charge in [0.15, 0.2) is 5.82 Å². The van der Waals surface area contributed by atoms with Crippen molar-refractivity contribution in [1.82, 2.24) is 20.0 Å². The van der Waals surface area contributed by atoms with Crippen LogP contribution in [0.5, 0.6) is 0 Å². The predicted octanol–water partition coefficient (Wildman–Crippen LogP) is 2.63. The monoisotopic (exact) mass is 261 g/mol. The van der Waals surface area contributed by atoms with Gasteiger partial charge >= 0.3 is 0 Å². The van der Waals surface area contributed by atoms with E-state index in [1.807, 2.05) is 18.7 Å². The average molecular weight is 261 g/mol. The van der Waals surface area contributed by atoms with E-state index in [4.69, 9.17) is 0 Å². The molecule has 0 radical (unpaired) electrons. The van der Waals surface area contributed by atoms with E-state index >= 15 is 0 Å². The maximum absolute atomic E-state index is 4.53. The topological polar surface area (TPSA) is 55.6 Å². The van der Waals surface area contributed by atoms with Gasteiger partial charge < -0.3 is 5.32 Å². The number of hydrogen-bond acceptors (Lipinski definition) is 5. The van der Waals surface area contributed by atoms with E-state index in [0.717, 1.165) is 33.1 Å². The number of aromatic nitrogens is 4. The quantitative estimate of drug-likeness (QED) is 0.770. The van der Waals surface area contributed by atoms with Gasteiger partial charge in [-0.3, -0.25) is 4.68 Å². The minimum atomic E-state index is 0.865. The lowest BCUT2D eigenvalue weighted by Gasteiger charge is -2.00. The summed E-state index contributed by atoms with van der Waals surface area (Å²) in [6, 6.07) is 0. The molecule has 3 aromatic rings. The highest BCUT2D eigenvalue weighted by Gasteiger charge is 2.18. The normalized spacial score (nSPS) is 11.6. The third-order valence-corrected chi connectivity index (χ3v) is 4.28. The van der Waals surface area contributed by atoms with Crippen molar-refractivity contribution in [2.24, 2.45) is 7.05 Å². The fourth-order valence-corrected chi connectivity index (χ4v) is 3.36. The van der Waals surface area contributed by atoms with Gasteiger partial charge in [0.25, 0.3) is 0 Å². The molecule has 0 fully saturated rings. The Kier molecular flexibility index (Phi) is 2.48. The van der Waals surface area contributed by atoms with E-state index in [0.29, 0.717) is 0 Å². The standard InChI is InChI=1S/C12H15N5S/c1-5-13-11-10-9(17(4)16-11)8-6(2)7(3)14-15-12(8)18-10/h5H2,1-4H3,(H,13,16). The van der Waals surface area contributed by atoms with Gasteiger partial charge in [0.05, 0.1) is 15.9 Å². The van der Waals surface area contributed by atoms with Gasteiger partial charge in [0.2, 0.25) is 0 Å². The number of hydrogen-bond donors (Lipinski definition) is 1. The van der Waals surface area contributed by atoms with E-state index in [1.54, 1.807) is 11.3 Å². The van der Waals surface area contributed by atoms with E-state index < -0.39 is 0 Å². The number of anilines is 1. The van der Waals surface area contributed by atoms with Crippen LogP contribution in [0.1, 0.15) is 18.2 Å². The van der Waals surface area contributed by atoms with Crippen molar-refractivity contribution in [2.75, 3.05) is 11.9 Å². The van der Waals surface area contributed by atoms with Crippen LogP contribution in [0.2, 0.25) is 0 Å². The van der Waals surface area contributed by atoms with Crippen molar-refractivity contribution in [2.45, 2.75) is 20.8 Å². The molecule has 0 bridgehead atoms. The van der Waals surface area contributed by atoms with E-state index in [1.165, 1.54) is 10.9 Å². The van der Waals surface area contributed by atoms with Crippen molar-refractivity contribution in [3.63, 3.8) is 0 Å². The number of nitrogens with zero attached hydrogens (tertiary/aromatic N) is 4. The van der Waals surface area contributed by atoms with Crippen LogP contribution < -0.4 is 5.32 Å². The van der Waals surface area contributed by atoms with Crippen LogP contribution in [0.25, 0.3) is 20.4 Å². The van der Waals surface area contributed by atoms with Gasteiger partial charge in [-0.15, -0.1) is 16.4 Å². The molecule has 6 heteroatoms. The van der Waals surface area contributed by atoms with Crippen LogP contribution in [0.15, 0.2) is 0 Å². The lowest BCUT2D eigenvalue weighted by molar-refractivity contribution is 0.800. The van der Waals surface area contributed by atoms with Gasteiger partial charge in [0, 0.05) is 19.0 Å². The van der Waals surface area contributed by atoms with E-state index in [2.05, 4.69) is 34.5 Å². The molecule has 5 nitrogen and oxygen atoms in total. The molecule has 0 aliphatic rings. The minimum absolute atomic E-state index is 0.865. The van der Waals surface area contributed by atoms with Crippen LogP contribution in [-0.4, -0.2) is 26.5 Å². The average Bonchev–Trinajstić information content (AvgIpc) is 2.85. The number of aryl methyl sites for hydroxylation is 3. The summed E-state index contributed by atoms with van der Waals surface area (Å²) in [7, 11) is 1.98. The SMILES string of the molecule is CCNc1nn(C)c2c1sc1nnc(C)c(C)c12. The van der Waals surface area contributed by atoms with Gasteiger partial charge in [-0.25, -0.2) is 0 Å². The molecular formula is C12H15N5S. The number of rotatable bonds is 2. The lowest BCUT2D eigenvalue weighted by Crippen LogP contribution is -1.99. The Bertz CT molecular complexity index is 739. The van der Waals surface area contributed by atoms with Gasteiger partial charge in [0.1, 0.15) is 4.83 Å². The third kappa shape index (κ3) is 1.42. The Morgan fingerprint density at radius 2 is 2.06 bits per heavy atom. The summed E-state index contributed by atoms with van der Waals surface area (Å²) in [6.07, 6.45) is 0. The Balaban J connectivity index is 2.46. The molecule has 0 unspecified atom stereocenters. The molecule has 0 saturated carbocycles. The first-order chi connectivity index (χ1) is 8.63. The minimum Gasteiger partial charge on any atom is -0.368 e. The summed E-state index contributed by atoms with van der Waals surface area (Å²) in [5, 5.41) is 17.5. The molecule has 3 heterocycles. The molecule has 0 aromatic carbocycles. The highest BCUT2D eigenvalue weighted by molar-refractivity contribution is 7.26. The number of thiophene rings is 1. The van der Waals surface area contributed by atoms with Crippen molar-refractivity contribution in [3.8, 4) is 0 Å². The second-order valence-electron chi connectivity index (χ2n) is 4.37. The first-order valence-electron chi connectivity index (χ1n) is 5.96. The fraction of sp³-hybridized carbons (Fsp3) is 0.417. The Morgan fingerprint density at radius 1 is 1.28 bits per heavy atom. The third-order valence-electron chi connectivity index (χ3n) is 3.21. The smallest absolute Gasteiger partial charge is 0.166 e. The summed E-state index contributed by atoms with van der Waals surface area (Å²) in [5.74, 6) is 0.940. The zero-order valence-corrected chi connectivity index (χ0v) is 11.7. The molecule has 3 rings (SSSR count). The molecule has 0 saturated heterocycles. The molecule has 18 heavy (non-hydrogen) atoms. The molecule has 1 N–H and O–H groups in total. The summed E-state index contributed by atoms with van der Waals surface area (Å²) in [5.41, 5.74) is 3.33. The van der Waals surface area contributed by atoms with E-state index in [9.17, 15) is 0 Å². The summed E-state index contributed by atoms with van der Waals surface area (Å²) in [6.45, 7) is 7.03. The maximum atomic E-state index is 4.53. The molecule has 0 atom stereocenters. The van der Waals surface area contributed by atoms with Crippen LogP contribution in [0.3, 0.4) is 0 Å². The predicted molar refractivity (Wildman–Crippen MR) is 75.3 cm³/mol. The summed E-state index contributed by atoms with van der Waals surface area (Å²) >= 11 is 1.65. The highest BCUT2D eigenvalue weighted by Crippen LogP contribution is 2.38. The maximum Gasteiger partial charge on any atom is 0.166 e. The van der Waals surface area contributed by atoms with Crippen molar-refractivity contribution in [3.05, 3.63) is 11.3 Å². The Labute approximate surface area is 109 Å². The first-order valence-corrected chi connectivity index (χ1v) is 6.78. The number of nitrogens with one attached hydrogen (secondary N) is 1. The molecule has 3 aromatic heterocycles. The fourth-order valence-electron chi connectivity index (χ4n) is 2.19. The van der Waals surface area contributed by atoms with Gasteiger partial charge in [-0.1, -0.05) is 0 Å². The Morgan fingerprint density at radius 3 is 2.78 bits per heavy atom. The lowest BCUT2D eigenvalue weighted by atomic mass is 10.1. The van der Waals surface area contributed by atoms with Crippen LogP contribution in [0.4, 0.5) is 5.82 Å². The molecule has 0 spiro atoms. The second-order valence-corrected chi connectivity index (χ2v) is 5.37. The molecule has 0 aliphatic heterocycles. The van der Waals surface area contributed by atoms with Crippen LogP contribution in [-0.2, 0) is 7.05 Å². The number of fused-ring (bicyclic) bond motifs is 3. The Hall–Kier alpha value is -1.69. The first kappa shape index (κ1) is 11.4. The summed E-state index contributed by atoms with van der Waals surface area (Å²) in [4.78, 5) is 0.986. The highest BCUT2D eigenvalue weighted by atomic mass is 32.1. The summed E-state index contributed by atoms with van der Waals surface area (Å²) < 4.78 is 3.10. The van der Waals surface area contributed by atoms with Gasteiger partial charge in [-0.05, 0) is 26.3 Å². The largest absolute Gasteiger partial charge is 0.368 e. The molecular weight excluding hydrogens is 246 g/mol. The van der Waals surface area contributed by atoms with E-state index in [-0.39, 0.29) is 0 Å². The van der Waals surface area contributed by atoms with Crippen LogP contribution >= 0.6 is 11.3 Å². The molecule has 0 amide bonds. The molecule has 94 valence electrons. The molecule has 0 aliphatic carbocycles.